The third-order valence-electron chi connectivity index (χ3n) is 3.07. The molecule has 0 atom stereocenters. The highest BCUT2D eigenvalue weighted by molar-refractivity contribution is 5.48. The summed E-state index contributed by atoms with van der Waals surface area (Å²) in [6.07, 6.45) is 0. The fraction of sp³-hybridized carbons (Fsp3) is 0.438. The summed E-state index contributed by atoms with van der Waals surface area (Å²) in [4.78, 5) is 0. The molecule has 108 valence electrons. The van der Waals surface area contributed by atoms with Crippen LogP contribution in [0.15, 0.2) is 28.8 Å². The summed E-state index contributed by atoms with van der Waals surface area (Å²) in [6.45, 7) is 9.59. The second-order valence-corrected chi connectivity index (χ2v) is 5.39. The molecule has 0 bridgehead atoms. The number of aromatic nitrogens is 1. The van der Waals surface area contributed by atoms with E-state index >= 15 is 0 Å². The predicted molar refractivity (Wildman–Crippen MR) is 80.1 cm³/mol. The maximum absolute atomic E-state index is 5.72. The summed E-state index contributed by atoms with van der Waals surface area (Å²) in [5.74, 6) is 2.28. The van der Waals surface area contributed by atoms with E-state index < -0.39 is 0 Å². The largest absolute Gasteiger partial charge is 0.493 e. The monoisotopic (exact) mass is 274 g/mol. The van der Waals surface area contributed by atoms with Gasteiger partial charge in [0, 0.05) is 23.9 Å². The highest BCUT2D eigenvalue weighted by Gasteiger charge is 2.08. The standard InChI is InChI=1S/C16H22N2O2/c1-11(2)10-19-15-7-5-6-14(8-15)17-9-16-12(3)18-20-13(16)4/h5-8,11,17H,9-10H2,1-4H3. The van der Waals surface area contributed by atoms with Gasteiger partial charge < -0.3 is 14.6 Å². The van der Waals surface area contributed by atoms with Crippen LogP contribution >= 0.6 is 0 Å². The normalized spacial score (nSPS) is 10.8. The molecule has 0 saturated heterocycles. The van der Waals surface area contributed by atoms with Crippen LogP contribution < -0.4 is 10.1 Å². The van der Waals surface area contributed by atoms with E-state index in [1.165, 1.54) is 0 Å². The van der Waals surface area contributed by atoms with E-state index in [0.29, 0.717) is 12.5 Å². The minimum atomic E-state index is 0.522. The predicted octanol–water partition coefficient (Wildman–Crippen LogP) is 3.94. The molecule has 0 amide bonds. The van der Waals surface area contributed by atoms with Gasteiger partial charge >= 0.3 is 0 Å². The zero-order valence-corrected chi connectivity index (χ0v) is 12.6. The lowest BCUT2D eigenvalue weighted by Gasteiger charge is -2.11. The van der Waals surface area contributed by atoms with Crippen LogP contribution in [0.2, 0.25) is 0 Å². The molecular weight excluding hydrogens is 252 g/mol. The van der Waals surface area contributed by atoms with E-state index in [1.54, 1.807) is 0 Å². The molecule has 20 heavy (non-hydrogen) atoms. The zero-order chi connectivity index (χ0) is 14.5. The summed E-state index contributed by atoms with van der Waals surface area (Å²) in [6, 6.07) is 8.01. The van der Waals surface area contributed by atoms with Crippen LogP contribution in [0.25, 0.3) is 0 Å². The summed E-state index contributed by atoms with van der Waals surface area (Å²) < 4.78 is 10.9. The van der Waals surface area contributed by atoms with Crippen molar-refractivity contribution in [3.05, 3.63) is 41.3 Å². The minimum Gasteiger partial charge on any atom is -0.493 e. The van der Waals surface area contributed by atoms with Crippen molar-refractivity contribution in [1.82, 2.24) is 5.16 Å². The molecule has 1 aromatic heterocycles. The van der Waals surface area contributed by atoms with E-state index in [0.717, 1.165) is 35.1 Å². The maximum atomic E-state index is 5.72. The molecule has 0 radical (unpaired) electrons. The van der Waals surface area contributed by atoms with Gasteiger partial charge in [-0.1, -0.05) is 25.1 Å². The molecule has 0 fully saturated rings. The zero-order valence-electron chi connectivity index (χ0n) is 12.6. The Balaban J connectivity index is 1.98. The number of hydrogen-bond acceptors (Lipinski definition) is 4. The first-order valence-corrected chi connectivity index (χ1v) is 6.94. The quantitative estimate of drug-likeness (QED) is 0.866. The molecule has 1 aromatic carbocycles. The highest BCUT2D eigenvalue weighted by atomic mass is 16.5. The van der Waals surface area contributed by atoms with Gasteiger partial charge in [-0.3, -0.25) is 0 Å². The molecule has 0 unspecified atom stereocenters. The van der Waals surface area contributed by atoms with Crippen molar-refractivity contribution >= 4 is 5.69 Å². The Bertz CT molecular complexity index is 542. The lowest BCUT2D eigenvalue weighted by molar-refractivity contribution is 0.271. The van der Waals surface area contributed by atoms with Gasteiger partial charge in [0.2, 0.25) is 0 Å². The van der Waals surface area contributed by atoms with E-state index in [-0.39, 0.29) is 0 Å². The average Bonchev–Trinajstić information content (AvgIpc) is 2.74. The van der Waals surface area contributed by atoms with Crippen molar-refractivity contribution in [2.75, 3.05) is 11.9 Å². The first kappa shape index (κ1) is 14.4. The first-order chi connectivity index (χ1) is 9.56. The Morgan fingerprint density at radius 1 is 1.30 bits per heavy atom. The summed E-state index contributed by atoms with van der Waals surface area (Å²) in [7, 11) is 0. The molecule has 0 aliphatic rings. The number of benzene rings is 1. The van der Waals surface area contributed by atoms with Crippen molar-refractivity contribution in [3.63, 3.8) is 0 Å². The van der Waals surface area contributed by atoms with E-state index in [9.17, 15) is 0 Å². The number of aryl methyl sites for hydroxylation is 2. The van der Waals surface area contributed by atoms with Gasteiger partial charge in [0.05, 0.1) is 12.3 Å². The van der Waals surface area contributed by atoms with Gasteiger partial charge in [0.15, 0.2) is 0 Å². The van der Waals surface area contributed by atoms with Gasteiger partial charge in [-0.05, 0) is 31.9 Å². The van der Waals surface area contributed by atoms with Crippen molar-refractivity contribution in [1.29, 1.82) is 0 Å². The van der Waals surface area contributed by atoms with Gasteiger partial charge in [0.1, 0.15) is 11.5 Å². The maximum Gasteiger partial charge on any atom is 0.138 e. The van der Waals surface area contributed by atoms with Crippen molar-refractivity contribution < 1.29 is 9.26 Å². The van der Waals surface area contributed by atoms with Crippen LogP contribution in [-0.4, -0.2) is 11.8 Å². The molecule has 0 aliphatic carbocycles. The Morgan fingerprint density at radius 2 is 2.10 bits per heavy atom. The topological polar surface area (TPSA) is 47.3 Å². The van der Waals surface area contributed by atoms with Crippen molar-refractivity contribution in [3.8, 4) is 5.75 Å². The van der Waals surface area contributed by atoms with Crippen LogP contribution in [0.3, 0.4) is 0 Å². The lowest BCUT2D eigenvalue weighted by atomic mass is 10.2. The summed E-state index contributed by atoms with van der Waals surface area (Å²) >= 11 is 0. The molecule has 4 heteroatoms. The molecule has 2 rings (SSSR count). The molecule has 1 N–H and O–H groups in total. The fourth-order valence-corrected chi connectivity index (χ4v) is 1.90. The van der Waals surface area contributed by atoms with Crippen LogP contribution in [-0.2, 0) is 6.54 Å². The van der Waals surface area contributed by atoms with E-state index in [1.807, 2.05) is 38.1 Å². The minimum absolute atomic E-state index is 0.522. The van der Waals surface area contributed by atoms with Crippen LogP contribution in [0.4, 0.5) is 5.69 Å². The highest BCUT2D eigenvalue weighted by Crippen LogP contribution is 2.20. The van der Waals surface area contributed by atoms with Gasteiger partial charge in [-0.15, -0.1) is 0 Å². The SMILES string of the molecule is Cc1noc(C)c1CNc1cccc(OCC(C)C)c1. The van der Waals surface area contributed by atoms with Crippen molar-refractivity contribution in [2.45, 2.75) is 34.2 Å². The lowest BCUT2D eigenvalue weighted by Crippen LogP contribution is -2.05. The third kappa shape index (κ3) is 3.76. The van der Waals surface area contributed by atoms with E-state index in [2.05, 4.69) is 24.3 Å². The number of nitrogens with zero attached hydrogens (tertiary/aromatic N) is 1. The van der Waals surface area contributed by atoms with Gasteiger partial charge in [-0.2, -0.15) is 0 Å². The third-order valence-corrected chi connectivity index (χ3v) is 3.07. The fourth-order valence-electron chi connectivity index (χ4n) is 1.90. The Hall–Kier alpha value is -1.97. The van der Waals surface area contributed by atoms with E-state index in [4.69, 9.17) is 9.26 Å². The number of anilines is 1. The second-order valence-electron chi connectivity index (χ2n) is 5.39. The van der Waals surface area contributed by atoms with Crippen LogP contribution in [0.5, 0.6) is 5.75 Å². The molecule has 1 heterocycles. The molecule has 4 nitrogen and oxygen atoms in total. The Labute approximate surface area is 120 Å². The molecular formula is C16H22N2O2. The summed E-state index contributed by atoms with van der Waals surface area (Å²) in [5.41, 5.74) is 3.08. The first-order valence-electron chi connectivity index (χ1n) is 6.94. The van der Waals surface area contributed by atoms with Crippen molar-refractivity contribution in [2.24, 2.45) is 5.92 Å². The Kier molecular flexibility index (Phi) is 4.66. The number of rotatable bonds is 6. The molecule has 2 aromatic rings. The molecule has 0 saturated carbocycles. The molecule has 0 spiro atoms. The smallest absolute Gasteiger partial charge is 0.138 e. The number of hydrogen-bond donors (Lipinski definition) is 1. The molecule has 0 aliphatic heterocycles. The second kappa shape index (κ2) is 6.46. The Morgan fingerprint density at radius 3 is 2.75 bits per heavy atom. The number of ether oxygens (including phenoxy) is 1. The van der Waals surface area contributed by atoms with Gasteiger partial charge in [-0.25, -0.2) is 0 Å². The van der Waals surface area contributed by atoms with Crippen LogP contribution in [0, 0.1) is 19.8 Å². The van der Waals surface area contributed by atoms with Crippen LogP contribution in [0.1, 0.15) is 30.9 Å². The van der Waals surface area contributed by atoms with Gasteiger partial charge in [0.25, 0.3) is 0 Å². The number of nitrogens with one attached hydrogen (secondary N) is 1. The summed E-state index contributed by atoms with van der Waals surface area (Å²) in [5, 5.41) is 7.33. The average molecular weight is 274 g/mol.